The zero-order valence-corrected chi connectivity index (χ0v) is 10.7. The molecule has 1 aromatic heterocycles. The minimum Gasteiger partial charge on any atom is -0.256 e. The summed E-state index contributed by atoms with van der Waals surface area (Å²) in [6, 6.07) is 10.8. The maximum Gasteiger partial charge on any atom is 0.0702 e. The molecule has 82 valence electrons. The first kappa shape index (κ1) is 10.3. The lowest BCUT2D eigenvalue weighted by molar-refractivity contribution is 0.744. The molecule has 0 amide bonds. The Morgan fingerprint density at radius 2 is 2.12 bits per heavy atom. The molecule has 2 aromatic rings. The molecule has 0 saturated heterocycles. The number of nitrogens with zero attached hydrogens (tertiary/aromatic N) is 1. The molecule has 16 heavy (non-hydrogen) atoms. The highest BCUT2D eigenvalue weighted by Gasteiger charge is 2.26. The van der Waals surface area contributed by atoms with Gasteiger partial charge < -0.3 is 0 Å². The zero-order valence-electron chi connectivity index (χ0n) is 9.07. The van der Waals surface area contributed by atoms with Crippen LogP contribution in [-0.2, 0) is 0 Å². The highest BCUT2D eigenvalue weighted by Crippen LogP contribution is 2.39. The van der Waals surface area contributed by atoms with E-state index in [0.29, 0.717) is 10.7 Å². The molecule has 0 bridgehead atoms. The Kier molecular flexibility index (Phi) is 2.68. The van der Waals surface area contributed by atoms with Crippen LogP contribution in [0.15, 0.2) is 36.5 Å². The second-order valence-electron chi connectivity index (χ2n) is 4.51. The van der Waals surface area contributed by atoms with Gasteiger partial charge >= 0.3 is 0 Å². The van der Waals surface area contributed by atoms with Crippen LogP contribution < -0.4 is 0 Å². The summed E-state index contributed by atoms with van der Waals surface area (Å²) in [6.45, 7) is 0. The van der Waals surface area contributed by atoms with Gasteiger partial charge in [-0.2, -0.15) is 0 Å². The number of pyridine rings is 1. The maximum absolute atomic E-state index is 4.36. The largest absolute Gasteiger partial charge is 0.256 e. The van der Waals surface area contributed by atoms with Crippen molar-refractivity contribution < 1.29 is 0 Å². The maximum atomic E-state index is 4.36. The number of fused-ring (bicyclic) bond motifs is 1. The van der Waals surface area contributed by atoms with Crippen molar-refractivity contribution in [3.05, 3.63) is 42.1 Å². The van der Waals surface area contributed by atoms with Gasteiger partial charge in [0.2, 0.25) is 0 Å². The average Bonchev–Trinajstić information content (AvgIpc) is 2.75. The van der Waals surface area contributed by atoms with Crippen LogP contribution in [-0.4, -0.2) is 9.81 Å². The highest BCUT2D eigenvalue weighted by molar-refractivity contribution is 9.09. The van der Waals surface area contributed by atoms with Gasteiger partial charge in [0.25, 0.3) is 0 Å². The van der Waals surface area contributed by atoms with Gasteiger partial charge in [0, 0.05) is 16.4 Å². The topological polar surface area (TPSA) is 12.9 Å². The lowest BCUT2D eigenvalue weighted by Gasteiger charge is -2.14. The molecule has 0 N–H and O–H groups in total. The normalized spacial score (nSPS) is 25.1. The SMILES string of the molecule is BrC1CCCC1c1ccc2ncccc2c1. The van der Waals surface area contributed by atoms with Gasteiger partial charge in [-0.3, -0.25) is 4.98 Å². The second kappa shape index (κ2) is 4.17. The van der Waals surface area contributed by atoms with Crippen LogP contribution in [0, 0.1) is 0 Å². The molecule has 2 atom stereocenters. The van der Waals surface area contributed by atoms with Crippen LogP contribution in [0.4, 0.5) is 0 Å². The molecule has 0 radical (unpaired) electrons. The number of benzene rings is 1. The summed E-state index contributed by atoms with van der Waals surface area (Å²) in [5.74, 6) is 0.685. The molecule has 0 spiro atoms. The lowest BCUT2D eigenvalue weighted by atomic mass is 9.96. The Morgan fingerprint density at radius 3 is 2.94 bits per heavy atom. The molecule has 3 rings (SSSR count). The summed E-state index contributed by atoms with van der Waals surface area (Å²) in [7, 11) is 0. The van der Waals surface area contributed by atoms with Crippen molar-refractivity contribution in [2.75, 3.05) is 0 Å². The lowest BCUT2D eigenvalue weighted by Crippen LogP contribution is -2.04. The van der Waals surface area contributed by atoms with Crippen LogP contribution in [0.1, 0.15) is 30.7 Å². The van der Waals surface area contributed by atoms with E-state index >= 15 is 0 Å². The molecule has 1 aliphatic rings. The Hall–Kier alpha value is -0.890. The molecule has 1 nitrogen and oxygen atoms in total. The number of rotatable bonds is 1. The third-order valence-corrected chi connectivity index (χ3v) is 4.58. The first-order valence-corrected chi connectivity index (χ1v) is 6.75. The summed E-state index contributed by atoms with van der Waals surface area (Å²) in [5.41, 5.74) is 2.55. The minimum absolute atomic E-state index is 0.654. The number of aromatic nitrogens is 1. The van der Waals surface area contributed by atoms with E-state index in [9.17, 15) is 0 Å². The fraction of sp³-hybridized carbons (Fsp3) is 0.357. The van der Waals surface area contributed by atoms with Crippen molar-refractivity contribution >= 4 is 26.8 Å². The number of hydrogen-bond donors (Lipinski definition) is 0. The fourth-order valence-corrected chi connectivity index (χ4v) is 3.51. The van der Waals surface area contributed by atoms with Gasteiger partial charge in [-0.25, -0.2) is 0 Å². The third kappa shape index (κ3) is 1.75. The van der Waals surface area contributed by atoms with Crippen LogP contribution in [0.25, 0.3) is 10.9 Å². The first-order valence-electron chi connectivity index (χ1n) is 5.83. The molecule has 1 aliphatic carbocycles. The quantitative estimate of drug-likeness (QED) is 0.709. The first-order chi connectivity index (χ1) is 7.84. The van der Waals surface area contributed by atoms with Crippen molar-refractivity contribution in [2.45, 2.75) is 30.0 Å². The predicted octanol–water partition coefficient (Wildman–Crippen LogP) is 4.27. The average molecular weight is 276 g/mol. The van der Waals surface area contributed by atoms with Gasteiger partial charge in [0.05, 0.1) is 5.52 Å². The van der Waals surface area contributed by atoms with E-state index in [0.717, 1.165) is 5.52 Å². The van der Waals surface area contributed by atoms with Crippen molar-refractivity contribution in [2.24, 2.45) is 0 Å². The second-order valence-corrected chi connectivity index (χ2v) is 5.69. The molecule has 1 aromatic carbocycles. The van der Waals surface area contributed by atoms with Gasteiger partial charge in [-0.05, 0) is 42.5 Å². The van der Waals surface area contributed by atoms with E-state index in [2.05, 4.69) is 45.2 Å². The fourth-order valence-electron chi connectivity index (χ4n) is 2.62. The summed E-state index contributed by atoms with van der Waals surface area (Å²) in [6.07, 6.45) is 5.80. The molecular weight excluding hydrogens is 262 g/mol. The summed E-state index contributed by atoms with van der Waals surface area (Å²) < 4.78 is 0. The third-order valence-electron chi connectivity index (χ3n) is 3.49. The van der Waals surface area contributed by atoms with Gasteiger partial charge in [-0.15, -0.1) is 0 Å². The van der Waals surface area contributed by atoms with Gasteiger partial charge in [-0.1, -0.05) is 34.5 Å². The molecule has 0 aliphatic heterocycles. The van der Waals surface area contributed by atoms with E-state index in [1.807, 2.05) is 12.3 Å². The van der Waals surface area contributed by atoms with Gasteiger partial charge in [0.15, 0.2) is 0 Å². The van der Waals surface area contributed by atoms with Crippen molar-refractivity contribution in [1.82, 2.24) is 4.98 Å². The van der Waals surface area contributed by atoms with Crippen LogP contribution in [0.3, 0.4) is 0 Å². The van der Waals surface area contributed by atoms with E-state index in [1.54, 1.807) is 0 Å². The Labute approximate surface area is 104 Å². The smallest absolute Gasteiger partial charge is 0.0702 e. The van der Waals surface area contributed by atoms with Crippen LogP contribution in [0.2, 0.25) is 0 Å². The monoisotopic (exact) mass is 275 g/mol. The molecule has 2 heteroatoms. The Bertz CT molecular complexity index is 509. The van der Waals surface area contributed by atoms with E-state index in [4.69, 9.17) is 0 Å². The standard InChI is InChI=1S/C14H14BrN/c15-13-5-1-4-12(13)10-6-7-14-11(9-10)3-2-8-16-14/h2-3,6-9,12-13H,1,4-5H2. The molecular formula is C14H14BrN. The van der Waals surface area contributed by atoms with E-state index < -0.39 is 0 Å². The number of alkyl halides is 1. The van der Waals surface area contributed by atoms with Gasteiger partial charge in [0.1, 0.15) is 0 Å². The number of hydrogen-bond acceptors (Lipinski definition) is 1. The molecule has 1 heterocycles. The van der Waals surface area contributed by atoms with Crippen LogP contribution >= 0.6 is 15.9 Å². The van der Waals surface area contributed by atoms with Crippen LogP contribution in [0.5, 0.6) is 0 Å². The van der Waals surface area contributed by atoms with Crippen molar-refractivity contribution in [1.29, 1.82) is 0 Å². The molecule has 1 fully saturated rings. The Morgan fingerprint density at radius 1 is 1.19 bits per heavy atom. The van der Waals surface area contributed by atoms with Crippen molar-refractivity contribution in [3.63, 3.8) is 0 Å². The summed E-state index contributed by atoms with van der Waals surface area (Å²) >= 11 is 3.79. The Balaban J connectivity index is 2.04. The van der Waals surface area contributed by atoms with E-state index in [-0.39, 0.29) is 0 Å². The van der Waals surface area contributed by atoms with Crippen molar-refractivity contribution in [3.8, 4) is 0 Å². The minimum atomic E-state index is 0.654. The summed E-state index contributed by atoms with van der Waals surface area (Å²) in [4.78, 5) is 5.01. The molecule has 1 saturated carbocycles. The zero-order chi connectivity index (χ0) is 11.0. The van der Waals surface area contributed by atoms with E-state index in [1.165, 1.54) is 30.2 Å². The molecule has 2 unspecified atom stereocenters. The number of halogens is 1. The summed E-state index contributed by atoms with van der Waals surface area (Å²) in [5, 5.41) is 1.26. The predicted molar refractivity (Wildman–Crippen MR) is 71.1 cm³/mol. The highest BCUT2D eigenvalue weighted by atomic mass is 79.9.